The van der Waals surface area contributed by atoms with E-state index in [1.807, 2.05) is 19.9 Å². The number of methoxy groups -OCH3 is 1. The van der Waals surface area contributed by atoms with E-state index in [-0.39, 0.29) is 41.7 Å². The molecule has 0 aromatic carbocycles. The topological polar surface area (TPSA) is 141 Å². The van der Waals surface area contributed by atoms with Gasteiger partial charge in [0.2, 0.25) is 17.7 Å². The molecule has 38 heavy (non-hydrogen) atoms. The zero-order valence-corrected chi connectivity index (χ0v) is 21.9. The average Bonchev–Trinajstić information content (AvgIpc) is 3.15. The Labute approximate surface area is 219 Å². The highest BCUT2D eigenvalue weighted by Gasteiger charge is 2.69. The first kappa shape index (κ1) is 28.1. The summed E-state index contributed by atoms with van der Waals surface area (Å²) in [6, 6.07) is -1.65. The number of nitriles is 1. The van der Waals surface area contributed by atoms with Crippen LogP contribution >= 0.6 is 0 Å². The Kier molecular flexibility index (Phi) is 7.18. The summed E-state index contributed by atoms with van der Waals surface area (Å²) in [7, 11) is 1.20. The maximum Gasteiger partial charge on any atom is 0.471 e. The standard InChI is InChI=1S/C25H34F3N5O5/c1-12(38-4)17(31-22(37)25(26,27)28)21(36)33-11-15-16(23(15,2)3)18(33)20(35)30-14(10-29)8-13-9-24(6-5-7-24)32-19(13)34/h12-18H,5-9,11H2,1-4H3,(H,30,35)(H,31,37)(H,32,34)/t12-,13-,14+,15+,16+,17+,18+/m1/s1. The summed E-state index contributed by atoms with van der Waals surface area (Å²) in [6.07, 6.45) is -2.78. The number of nitrogens with zero attached hydrogens (tertiary/aromatic N) is 2. The van der Waals surface area contributed by atoms with Gasteiger partial charge in [-0.25, -0.2) is 0 Å². The van der Waals surface area contributed by atoms with Gasteiger partial charge in [0.05, 0.1) is 12.2 Å². The molecule has 210 valence electrons. The molecule has 2 aliphatic heterocycles. The molecule has 4 fully saturated rings. The Morgan fingerprint density at radius 1 is 1.26 bits per heavy atom. The van der Waals surface area contributed by atoms with E-state index >= 15 is 0 Å². The van der Waals surface area contributed by atoms with Crippen LogP contribution in [0, 0.1) is 34.5 Å². The van der Waals surface area contributed by atoms with E-state index in [4.69, 9.17) is 4.74 Å². The highest BCUT2D eigenvalue weighted by Crippen LogP contribution is 2.65. The number of ether oxygens (including phenoxy) is 1. The Morgan fingerprint density at radius 2 is 1.92 bits per heavy atom. The van der Waals surface area contributed by atoms with Gasteiger partial charge in [0, 0.05) is 25.1 Å². The quantitative estimate of drug-likeness (QED) is 0.419. The fourth-order valence-corrected chi connectivity index (χ4v) is 6.52. The fourth-order valence-electron chi connectivity index (χ4n) is 6.52. The first-order valence-electron chi connectivity index (χ1n) is 12.9. The lowest BCUT2D eigenvalue weighted by Crippen LogP contribution is -2.60. The Hall–Kier alpha value is -2.88. The molecular weight excluding hydrogens is 507 g/mol. The van der Waals surface area contributed by atoms with Crippen LogP contribution in [0.5, 0.6) is 0 Å². The van der Waals surface area contributed by atoms with Crippen molar-refractivity contribution >= 4 is 23.6 Å². The second-order valence-corrected chi connectivity index (χ2v) is 11.7. The third-order valence-corrected chi connectivity index (χ3v) is 9.11. The van der Waals surface area contributed by atoms with Gasteiger partial charge in [0.15, 0.2) is 0 Å². The molecule has 3 N–H and O–H groups in total. The molecule has 0 aromatic rings. The van der Waals surface area contributed by atoms with Gasteiger partial charge in [-0.1, -0.05) is 13.8 Å². The molecule has 0 bridgehead atoms. The number of carbonyl (C=O) groups excluding carboxylic acids is 4. The fraction of sp³-hybridized carbons (Fsp3) is 0.800. The van der Waals surface area contributed by atoms with Crippen molar-refractivity contribution in [2.45, 2.75) is 88.8 Å². The summed E-state index contributed by atoms with van der Waals surface area (Å²) >= 11 is 0. The van der Waals surface area contributed by atoms with Crippen LogP contribution in [0.1, 0.15) is 52.9 Å². The van der Waals surface area contributed by atoms with Crippen molar-refractivity contribution in [2.75, 3.05) is 13.7 Å². The molecule has 13 heteroatoms. The number of rotatable bonds is 8. The van der Waals surface area contributed by atoms with Gasteiger partial charge in [-0.3, -0.25) is 19.2 Å². The van der Waals surface area contributed by atoms with Crippen LogP contribution in [0.15, 0.2) is 0 Å². The van der Waals surface area contributed by atoms with Gasteiger partial charge in [0.25, 0.3) is 0 Å². The molecule has 7 atom stereocenters. The molecule has 2 saturated carbocycles. The molecule has 0 aromatic heterocycles. The van der Waals surface area contributed by atoms with E-state index in [2.05, 4.69) is 10.6 Å². The van der Waals surface area contributed by atoms with Crippen molar-refractivity contribution in [1.29, 1.82) is 5.26 Å². The molecule has 2 saturated heterocycles. The number of fused-ring (bicyclic) bond motifs is 1. The van der Waals surface area contributed by atoms with E-state index in [0.717, 1.165) is 19.3 Å². The van der Waals surface area contributed by atoms with Gasteiger partial charge in [-0.05, 0) is 56.3 Å². The molecule has 4 rings (SSSR count). The molecule has 10 nitrogen and oxygen atoms in total. The zero-order chi connectivity index (χ0) is 28.2. The average molecular weight is 542 g/mol. The normalized spacial score (nSPS) is 30.8. The molecule has 4 aliphatic rings. The summed E-state index contributed by atoms with van der Waals surface area (Å²) in [5, 5.41) is 17.1. The molecule has 4 amide bonds. The Morgan fingerprint density at radius 3 is 2.42 bits per heavy atom. The van der Waals surface area contributed by atoms with Gasteiger partial charge in [0.1, 0.15) is 18.1 Å². The minimum absolute atomic E-state index is 0.0707. The van der Waals surface area contributed by atoms with Crippen LogP contribution in [0.2, 0.25) is 0 Å². The summed E-state index contributed by atoms with van der Waals surface area (Å²) in [6.45, 7) is 5.35. The number of halogens is 3. The van der Waals surface area contributed by atoms with Gasteiger partial charge < -0.3 is 25.6 Å². The van der Waals surface area contributed by atoms with E-state index in [1.54, 1.807) is 5.32 Å². The lowest BCUT2D eigenvalue weighted by Gasteiger charge is -2.38. The van der Waals surface area contributed by atoms with Crippen molar-refractivity contribution < 1.29 is 37.1 Å². The monoisotopic (exact) mass is 541 g/mol. The lowest BCUT2D eigenvalue weighted by molar-refractivity contribution is -0.176. The Bertz CT molecular complexity index is 1050. The highest BCUT2D eigenvalue weighted by molar-refractivity contribution is 5.95. The number of piperidine rings is 1. The number of alkyl halides is 3. The minimum Gasteiger partial charge on any atom is -0.379 e. The number of hydrogen-bond donors (Lipinski definition) is 3. The minimum atomic E-state index is -5.21. The van der Waals surface area contributed by atoms with Crippen LogP contribution in [0.3, 0.4) is 0 Å². The summed E-state index contributed by atoms with van der Waals surface area (Å²) in [4.78, 5) is 52.3. The summed E-state index contributed by atoms with van der Waals surface area (Å²) in [5.41, 5.74) is -0.500. The third-order valence-electron chi connectivity index (χ3n) is 9.11. The van der Waals surface area contributed by atoms with E-state index in [9.17, 15) is 37.6 Å². The van der Waals surface area contributed by atoms with Gasteiger partial charge >= 0.3 is 12.1 Å². The van der Waals surface area contributed by atoms with Crippen molar-refractivity contribution in [1.82, 2.24) is 20.9 Å². The first-order chi connectivity index (χ1) is 17.6. The van der Waals surface area contributed by atoms with E-state index in [1.165, 1.54) is 18.9 Å². The van der Waals surface area contributed by atoms with E-state index < -0.39 is 54.0 Å². The maximum absolute atomic E-state index is 13.5. The number of nitrogens with one attached hydrogen (secondary N) is 3. The van der Waals surface area contributed by atoms with Crippen molar-refractivity contribution in [3.63, 3.8) is 0 Å². The van der Waals surface area contributed by atoms with Crippen LogP contribution in [0.4, 0.5) is 13.2 Å². The molecule has 1 spiro atoms. The van der Waals surface area contributed by atoms with Crippen molar-refractivity contribution in [3.05, 3.63) is 0 Å². The molecule has 0 unspecified atom stereocenters. The number of carbonyl (C=O) groups is 4. The second kappa shape index (κ2) is 9.70. The predicted octanol–water partition coefficient (Wildman–Crippen LogP) is 1.01. The maximum atomic E-state index is 13.5. The van der Waals surface area contributed by atoms with Crippen LogP contribution < -0.4 is 16.0 Å². The molecule has 0 radical (unpaired) electrons. The molecular formula is C25H34F3N5O5. The van der Waals surface area contributed by atoms with Gasteiger partial charge in [-0.2, -0.15) is 18.4 Å². The van der Waals surface area contributed by atoms with Gasteiger partial charge in [-0.15, -0.1) is 0 Å². The molecule has 2 heterocycles. The number of hydrogen-bond acceptors (Lipinski definition) is 6. The largest absolute Gasteiger partial charge is 0.471 e. The molecule has 2 aliphatic carbocycles. The second-order valence-electron chi connectivity index (χ2n) is 11.7. The van der Waals surface area contributed by atoms with Crippen LogP contribution in [0.25, 0.3) is 0 Å². The SMILES string of the molecule is CO[C@H](C)[C@H](NC(=O)C(F)(F)F)C(=O)N1C[C@H]2[C@@H]([C@H]1C(=O)N[C@H](C#N)C[C@@H]1CC3(CCC3)NC1=O)C2(C)C. The van der Waals surface area contributed by atoms with Crippen molar-refractivity contribution in [3.8, 4) is 6.07 Å². The van der Waals surface area contributed by atoms with Crippen LogP contribution in [-0.4, -0.2) is 78.1 Å². The first-order valence-corrected chi connectivity index (χ1v) is 12.9. The lowest BCUT2D eigenvalue weighted by atomic mass is 9.74. The van der Waals surface area contributed by atoms with Crippen molar-refractivity contribution in [2.24, 2.45) is 23.2 Å². The third kappa shape index (κ3) is 4.95. The smallest absolute Gasteiger partial charge is 0.379 e. The summed E-state index contributed by atoms with van der Waals surface area (Å²) in [5.74, 6) is -4.65. The summed E-state index contributed by atoms with van der Waals surface area (Å²) < 4.78 is 43.9. The highest BCUT2D eigenvalue weighted by atomic mass is 19.4. The van der Waals surface area contributed by atoms with Crippen LogP contribution in [-0.2, 0) is 23.9 Å². The zero-order valence-electron chi connectivity index (χ0n) is 21.9. The Balaban J connectivity index is 1.49. The number of likely N-dealkylation sites (tertiary alicyclic amines) is 1. The predicted molar refractivity (Wildman–Crippen MR) is 126 cm³/mol. The number of amides is 4. The van der Waals surface area contributed by atoms with E-state index in [0.29, 0.717) is 6.42 Å².